The number of fused-ring (bicyclic) bond motifs is 1. The number of hydrogen-bond donors (Lipinski definition) is 1. The number of aryl methyl sites for hydroxylation is 2. The number of benzene rings is 1. The summed E-state index contributed by atoms with van der Waals surface area (Å²) in [4.78, 5) is 10.5. The van der Waals surface area contributed by atoms with Gasteiger partial charge < -0.3 is 9.67 Å². The molecule has 0 spiro atoms. The molecule has 84 valence electrons. The molecule has 1 aromatic heterocycles. The summed E-state index contributed by atoms with van der Waals surface area (Å²) < 4.78 is 2.17. The predicted molar refractivity (Wildman–Crippen MR) is 63.6 cm³/mol. The van der Waals surface area contributed by atoms with E-state index in [0.717, 1.165) is 12.1 Å². The van der Waals surface area contributed by atoms with Gasteiger partial charge in [0.15, 0.2) is 0 Å². The lowest BCUT2D eigenvalue weighted by atomic mass is 10.1. The Hall–Kier alpha value is -1.77. The Morgan fingerprint density at radius 1 is 1.38 bits per heavy atom. The average molecular weight is 217 g/mol. The predicted octanol–water partition coefficient (Wildman–Crippen LogP) is 2.68. The smallest absolute Gasteiger partial charge is 0.303 e. The first kappa shape index (κ1) is 10.7. The molecule has 3 nitrogen and oxygen atoms in total. The number of hydrogen-bond acceptors (Lipinski definition) is 1. The molecule has 16 heavy (non-hydrogen) atoms. The number of rotatable bonds is 4. The Labute approximate surface area is 94.3 Å². The topological polar surface area (TPSA) is 42.2 Å². The van der Waals surface area contributed by atoms with Gasteiger partial charge in [0.05, 0.1) is 0 Å². The van der Waals surface area contributed by atoms with E-state index in [0.29, 0.717) is 6.42 Å². The fraction of sp³-hybridized carbons (Fsp3) is 0.308. The van der Waals surface area contributed by atoms with Crippen molar-refractivity contribution in [3.8, 4) is 0 Å². The van der Waals surface area contributed by atoms with E-state index in [2.05, 4.69) is 35.9 Å². The van der Waals surface area contributed by atoms with Gasteiger partial charge in [-0.05, 0) is 36.4 Å². The van der Waals surface area contributed by atoms with Gasteiger partial charge in [0.2, 0.25) is 0 Å². The minimum absolute atomic E-state index is 0.193. The van der Waals surface area contributed by atoms with Crippen LogP contribution < -0.4 is 0 Å². The van der Waals surface area contributed by atoms with Crippen molar-refractivity contribution >= 4 is 16.9 Å². The maximum Gasteiger partial charge on any atom is 0.303 e. The summed E-state index contributed by atoms with van der Waals surface area (Å²) in [5, 5.41) is 9.85. The zero-order chi connectivity index (χ0) is 11.5. The Morgan fingerprint density at radius 2 is 2.19 bits per heavy atom. The Bertz CT molecular complexity index is 514. The molecule has 1 aromatic carbocycles. The molecule has 1 heterocycles. The van der Waals surface area contributed by atoms with Crippen LogP contribution in [0.2, 0.25) is 0 Å². The number of carboxylic acid groups (broad SMARTS) is 1. The summed E-state index contributed by atoms with van der Waals surface area (Å²) >= 11 is 0. The molecule has 2 aromatic rings. The molecule has 1 N–H and O–H groups in total. The normalized spacial score (nSPS) is 10.8. The van der Waals surface area contributed by atoms with Crippen molar-refractivity contribution < 1.29 is 9.90 Å². The summed E-state index contributed by atoms with van der Waals surface area (Å²) in [6, 6.07) is 8.23. The van der Waals surface area contributed by atoms with Crippen LogP contribution in [0.4, 0.5) is 0 Å². The third-order valence-electron chi connectivity index (χ3n) is 2.81. The lowest BCUT2D eigenvalue weighted by Crippen LogP contribution is -1.98. The first-order valence-corrected chi connectivity index (χ1v) is 5.50. The minimum Gasteiger partial charge on any atom is -0.481 e. The summed E-state index contributed by atoms with van der Waals surface area (Å²) in [6.45, 7) is 3.04. The van der Waals surface area contributed by atoms with Gasteiger partial charge in [0.25, 0.3) is 0 Å². The molecule has 0 amide bonds. The van der Waals surface area contributed by atoms with Crippen LogP contribution in [0, 0.1) is 0 Å². The highest BCUT2D eigenvalue weighted by molar-refractivity contribution is 5.81. The van der Waals surface area contributed by atoms with E-state index in [1.165, 1.54) is 10.9 Å². The van der Waals surface area contributed by atoms with Crippen molar-refractivity contribution in [1.82, 2.24) is 4.57 Å². The minimum atomic E-state index is -0.744. The number of nitrogens with zero attached hydrogens (tertiary/aromatic N) is 1. The van der Waals surface area contributed by atoms with E-state index < -0.39 is 5.97 Å². The quantitative estimate of drug-likeness (QED) is 0.855. The number of aliphatic carboxylic acids is 1. The van der Waals surface area contributed by atoms with Crippen LogP contribution in [-0.4, -0.2) is 15.6 Å². The highest BCUT2D eigenvalue weighted by atomic mass is 16.4. The second-order valence-corrected chi connectivity index (χ2v) is 3.89. The van der Waals surface area contributed by atoms with E-state index in [1.807, 2.05) is 6.07 Å². The summed E-state index contributed by atoms with van der Waals surface area (Å²) in [6.07, 6.45) is 2.85. The summed E-state index contributed by atoms with van der Waals surface area (Å²) in [5.41, 5.74) is 2.27. The maximum absolute atomic E-state index is 10.5. The van der Waals surface area contributed by atoms with E-state index >= 15 is 0 Å². The van der Waals surface area contributed by atoms with E-state index in [9.17, 15) is 4.79 Å². The molecule has 3 heteroatoms. The van der Waals surface area contributed by atoms with Crippen molar-refractivity contribution in [2.45, 2.75) is 26.3 Å². The first-order chi connectivity index (χ1) is 7.70. The second-order valence-electron chi connectivity index (χ2n) is 3.89. The van der Waals surface area contributed by atoms with Gasteiger partial charge in [0, 0.05) is 24.7 Å². The SMILES string of the molecule is CCn1ccc2ccc(CCC(=O)O)cc21. The van der Waals surface area contributed by atoms with E-state index in [-0.39, 0.29) is 6.42 Å². The molecular weight excluding hydrogens is 202 g/mol. The molecule has 0 aliphatic rings. The largest absolute Gasteiger partial charge is 0.481 e. The standard InChI is InChI=1S/C13H15NO2/c1-2-14-8-7-11-5-3-10(9-12(11)14)4-6-13(15)16/h3,5,7-9H,2,4,6H2,1H3,(H,15,16). The molecule has 0 atom stereocenters. The van der Waals surface area contributed by atoms with Crippen molar-refractivity contribution in [3.63, 3.8) is 0 Å². The number of carbonyl (C=O) groups is 1. The first-order valence-electron chi connectivity index (χ1n) is 5.50. The molecule has 0 saturated carbocycles. The number of aromatic nitrogens is 1. The molecule has 2 rings (SSSR count). The van der Waals surface area contributed by atoms with Gasteiger partial charge in [-0.15, -0.1) is 0 Å². The van der Waals surface area contributed by atoms with Crippen molar-refractivity contribution in [3.05, 3.63) is 36.0 Å². The van der Waals surface area contributed by atoms with Crippen molar-refractivity contribution in [2.24, 2.45) is 0 Å². The Kier molecular flexibility index (Phi) is 2.95. The number of carboxylic acids is 1. The summed E-state index contributed by atoms with van der Waals surface area (Å²) in [7, 11) is 0. The Balaban J connectivity index is 2.30. The molecule has 0 aliphatic heterocycles. The van der Waals surface area contributed by atoms with Crippen LogP contribution in [0.3, 0.4) is 0 Å². The molecule has 0 unspecified atom stereocenters. The van der Waals surface area contributed by atoms with Gasteiger partial charge in [-0.1, -0.05) is 12.1 Å². The lowest BCUT2D eigenvalue weighted by molar-refractivity contribution is -0.136. The third kappa shape index (κ3) is 2.08. The van der Waals surface area contributed by atoms with Crippen LogP contribution in [0.5, 0.6) is 0 Å². The molecule has 0 radical (unpaired) electrons. The van der Waals surface area contributed by atoms with Gasteiger partial charge in [-0.25, -0.2) is 0 Å². The van der Waals surface area contributed by atoms with Gasteiger partial charge in [-0.2, -0.15) is 0 Å². The van der Waals surface area contributed by atoms with Crippen molar-refractivity contribution in [1.29, 1.82) is 0 Å². The third-order valence-corrected chi connectivity index (χ3v) is 2.81. The zero-order valence-electron chi connectivity index (χ0n) is 9.31. The molecule has 0 fully saturated rings. The second kappa shape index (κ2) is 4.39. The van der Waals surface area contributed by atoms with Gasteiger partial charge >= 0.3 is 5.97 Å². The molecular formula is C13H15NO2. The van der Waals surface area contributed by atoms with E-state index in [1.54, 1.807) is 0 Å². The highest BCUT2D eigenvalue weighted by Crippen LogP contribution is 2.18. The van der Waals surface area contributed by atoms with Crippen LogP contribution in [0.25, 0.3) is 10.9 Å². The fourth-order valence-corrected chi connectivity index (χ4v) is 1.91. The van der Waals surface area contributed by atoms with Crippen LogP contribution in [0.15, 0.2) is 30.5 Å². The van der Waals surface area contributed by atoms with Crippen molar-refractivity contribution in [2.75, 3.05) is 0 Å². The maximum atomic E-state index is 10.5. The highest BCUT2D eigenvalue weighted by Gasteiger charge is 2.03. The lowest BCUT2D eigenvalue weighted by Gasteiger charge is -2.03. The zero-order valence-corrected chi connectivity index (χ0v) is 9.31. The van der Waals surface area contributed by atoms with Crippen LogP contribution in [0.1, 0.15) is 18.9 Å². The van der Waals surface area contributed by atoms with Crippen LogP contribution >= 0.6 is 0 Å². The van der Waals surface area contributed by atoms with E-state index in [4.69, 9.17) is 5.11 Å². The fourth-order valence-electron chi connectivity index (χ4n) is 1.91. The van der Waals surface area contributed by atoms with Gasteiger partial charge in [0.1, 0.15) is 0 Å². The average Bonchev–Trinajstić information content (AvgIpc) is 2.68. The monoisotopic (exact) mass is 217 g/mol. The molecule has 0 bridgehead atoms. The summed E-state index contributed by atoms with van der Waals surface area (Å²) in [5.74, 6) is -0.744. The Morgan fingerprint density at radius 3 is 2.88 bits per heavy atom. The van der Waals surface area contributed by atoms with Crippen LogP contribution in [-0.2, 0) is 17.8 Å². The van der Waals surface area contributed by atoms with Gasteiger partial charge in [-0.3, -0.25) is 4.79 Å². The molecule has 0 saturated heterocycles. The molecule has 0 aliphatic carbocycles.